The monoisotopic (exact) mass is 296 g/mol. The summed E-state index contributed by atoms with van der Waals surface area (Å²) in [5, 5.41) is 0. The van der Waals surface area contributed by atoms with Gasteiger partial charge in [0.25, 0.3) is 0 Å². The number of hydrogen-bond donors (Lipinski definition) is 1. The second-order valence-electron chi connectivity index (χ2n) is 2.50. The highest BCUT2D eigenvalue weighted by molar-refractivity contribution is 9.10. The van der Waals surface area contributed by atoms with Crippen LogP contribution in [-0.4, -0.2) is 21.8 Å². The summed E-state index contributed by atoms with van der Waals surface area (Å²) < 4.78 is 37.1. The predicted octanol–water partition coefficient (Wildman–Crippen LogP) is 1.96. The maximum Gasteiger partial charge on any atom is 0.339 e. The lowest BCUT2D eigenvalue weighted by molar-refractivity contribution is 0.0599. The number of esters is 1. The number of carbonyl (C=O) groups excluding carboxylic acids is 1. The van der Waals surface area contributed by atoms with E-state index in [0.717, 1.165) is 19.2 Å². The van der Waals surface area contributed by atoms with Crippen LogP contribution in [0.4, 0.5) is 4.39 Å². The number of ether oxygens (including phenoxy) is 1. The lowest BCUT2D eigenvalue weighted by Gasteiger charge is -2.05. The molecule has 0 spiro atoms. The van der Waals surface area contributed by atoms with Crippen molar-refractivity contribution in [3.8, 4) is 0 Å². The minimum atomic E-state index is -2.48. The van der Waals surface area contributed by atoms with Crippen LogP contribution >= 0.6 is 15.9 Å². The molecule has 0 amide bonds. The SMILES string of the molecule is COC(=O)c1cc(S(=O)O)c(F)cc1Br. The van der Waals surface area contributed by atoms with E-state index in [1.807, 2.05) is 0 Å². The molecule has 1 unspecified atom stereocenters. The van der Waals surface area contributed by atoms with Crippen molar-refractivity contribution in [2.24, 2.45) is 0 Å². The number of methoxy groups -OCH3 is 1. The summed E-state index contributed by atoms with van der Waals surface area (Å²) in [4.78, 5) is 10.7. The topological polar surface area (TPSA) is 63.6 Å². The Balaban J connectivity index is 3.36. The summed E-state index contributed by atoms with van der Waals surface area (Å²) in [6.45, 7) is 0. The molecule has 0 aliphatic carbocycles. The van der Waals surface area contributed by atoms with Gasteiger partial charge in [0.1, 0.15) is 10.7 Å². The van der Waals surface area contributed by atoms with E-state index in [0.29, 0.717) is 0 Å². The molecule has 7 heteroatoms. The molecule has 1 aromatic carbocycles. The smallest absolute Gasteiger partial charge is 0.339 e. The van der Waals surface area contributed by atoms with Crippen LogP contribution in [0, 0.1) is 5.82 Å². The van der Waals surface area contributed by atoms with Crippen LogP contribution < -0.4 is 0 Å². The first-order valence-electron chi connectivity index (χ1n) is 3.65. The van der Waals surface area contributed by atoms with Crippen molar-refractivity contribution >= 4 is 33.0 Å². The molecule has 82 valence electrons. The highest BCUT2D eigenvalue weighted by atomic mass is 79.9. The Morgan fingerprint density at radius 3 is 2.67 bits per heavy atom. The standard InChI is InChI=1S/C8H6BrFO4S/c1-14-8(11)4-2-7(15(12)13)6(10)3-5(4)9/h2-3H,1H3,(H,12,13). The number of hydrogen-bond acceptors (Lipinski definition) is 3. The van der Waals surface area contributed by atoms with Crippen molar-refractivity contribution in [1.29, 1.82) is 0 Å². The normalized spacial score (nSPS) is 12.3. The van der Waals surface area contributed by atoms with Crippen LogP contribution in [0.3, 0.4) is 0 Å². The lowest BCUT2D eigenvalue weighted by Crippen LogP contribution is -2.05. The first-order valence-corrected chi connectivity index (χ1v) is 5.55. The maximum atomic E-state index is 13.1. The molecule has 0 fully saturated rings. The molecule has 0 heterocycles. The molecule has 0 aliphatic rings. The van der Waals surface area contributed by atoms with Gasteiger partial charge in [-0.25, -0.2) is 13.4 Å². The second kappa shape index (κ2) is 4.82. The molecule has 0 bridgehead atoms. The van der Waals surface area contributed by atoms with Gasteiger partial charge in [-0.2, -0.15) is 0 Å². The Kier molecular flexibility index (Phi) is 3.95. The van der Waals surface area contributed by atoms with Gasteiger partial charge < -0.3 is 9.29 Å². The van der Waals surface area contributed by atoms with Gasteiger partial charge in [0, 0.05) is 4.47 Å². The lowest BCUT2D eigenvalue weighted by atomic mass is 10.2. The van der Waals surface area contributed by atoms with Crippen molar-refractivity contribution in [2.45, 2.75) is 4.90 Å². The van der Waals surface area contributed by atoms with Gasteiger partial charge in [-0.1, -0.05) is 0 Å². The molecule has 1 rings (SSSR count). The summed E-state index contributed by atoms with van der Waals surface area (Å²) in [7, 11) is 1.16. The molecule has 0 radical (unpaired) electrons. The number of halogens is 2. The number of benzene rings is 1. The van der Waals surface area contributed by atoms with Crippen LogP contribution in [0.2, 0.25) is 0 Å². The molecule has 1 N–H and O–H groups in total. The van der Waals surface area contributed by atoms with E-state index in [1.54, 1.807) is 0 Å². The van der Waals surface area contributed by atoms with E-state index in [1.165, 1.54) is 0 Å². The average Bonchev–Trinajstić information content (AvgIpc) is 2.16. The quantitative estimate of drug-likeness (QED) is 0.669. The highest BCUT2D eigenvalue weighted by Gasteiger charge is 2.17. The average molecular weight is 297 g/mol. The maximum absolute atomic E-state index is 13.1. The van der Waals surface area contributed by atoms with Gasteiger partial charge in [0.05, 0.1) is 12.7 Å². The Labute approximate surface area is 95.8 Å². The molecule has 0 aromatic heterocycles. The third-order valence-electron chi connectivity index (χ3n) is 1.62. The highest BCUT2D eigenvalue weighted by Crippen LogP contribution is 2.23. The van der Waals surface area contributed by atoms with Gasteiger partial charge in [-0.3, -0.25) is 0 Å². The molecule has 1 aromatic rings. The number of carbonyl (C=O) groups is 1. The molecule has 0 saturated heterocycles. The van der Waals surface area contributed by atoms with Gasteiger partial charge in [-0.05, 0) is 28.1 Å². The Bertz CT molecular complexity index is 435. The van der Waals surface area contributed by atoms with E-state index in [2.05, 4.69) is 20.7 Å². The summed E-state index contributed by atoms with van der Waals surface area (Å²) in [6.07, 6.45) is 0. The fourth-order valence-corrected chi connectivity index (χ4v) is 1.85. The molecule has 0 saturated carbocycles. The van der Waals surface area contributed by atoms with Crippen molar-refractivity contribution in [3.05, 3.63) is 28.0 Å². The first kappa shape index (κ1) is 12.3. The minimum absolute atomic E-state index is 0.00343. The fraction of sp³-hybridized carbons (Fsp3) is 0.125. The Morgan fingerprint density at radius 2 is 2.20 bits per heavy atom. The predicted molar refractivity (Wildman–Crippen MR) is 54.5 cm³/mol. The van der Waals surface area contributed by atoms with Crippen LogP contribution in [0.5, 0.6) is 0 Å². The van der Waals surface area contributed by atoms with E-state index in [9.17, 15) is 13.4 Å². The second-order valence-corrected chi connectivity index (χ2v) is 4.30. The Hall–Kier alpha value is -0.790. The molecular weight excluding hydrogens is 291 g/mol. The minimum Gasteiger partial charge on any atom is -0.465 e. The third kappa shape index (κ3) is 2.61. The summed E-state index contributed by atoms with van der Waals surface area (Å²) in [5.41, 5.74) is -0.00343. The molecular formula is C8H6BrFO4S. The third-order valence-corrected chi connectivity index (χ3v) is 2.96. The summed E-state index contributed by atoms with van der Waals surface area (Å²) >= 11 is 0.469. The number of rotatable bonds is 2. The van der Waals surface area contributed by atoms with Crippen LogP contribution in [-0.2, 0) is 15.8 Å². The molecule has 1 atom stereocenters. The van der Waals surface area contributed by atoms with Crippen molar-refractivity contribution in [2.75, 3.05) is 7.11 Å². The molecule has 15 heavy (non-hydrogen) atoms. The fourth-order valence-electron chi connectivity index (χ4n) is 0.929. The van der Waals surface area contributed by atoms with Gasteiger partial charge >= 0.3 is 5.97 Å². The zero-order valence-electron chi connectivity index (χ0n) is 7.49. The molecule has 0 aliphatic heterocycles. The van der Waals surface area contributed by atoms with Crippen molar-refractivity contribution in [3.63, 3.8) is 0 Å². The Morgan fingerprint density at radius 1 is 1.60 bits per heavy atom. The van der Waals surface area contributed by atoms with Crippen LogP contribution in [0.25, 0.3) is 0 Å². The van der Waals surface area contributed by atoms with Crippen LogP contribution in [0.1, 0.15) is 10.4 Å². The summed E-state index contributed by atoms with van der Waals surface area (Å²) in [5.74, 6) is -1.58. The van der Waals surface area contributed by atoms with Crippen LogP contribution in [0.15, 0.2) is 21.5 Å². The van der Waals surface area contributed by atoms with E-state index < -0.39 is 27.8 Å². The van der Waals surface area contributed by atoms with Gasteiger partial charge in [0.2, 0.25) is 0 Å². The molecule has 4 nitrogen and oxygen atoms in total. The van der Waals surface area contributed by atoms with E-state index in [4.69, 9.17) is 4.55 Å². The van der Waals surface area contributed by atoms with E-state index >= 15 is 0 Å². The largest absolute Gasteiger partial charge is 0.465 e. The van der Waals surface area contributed by atoms with Gasteiger partial charge in [0.15, 0.2) is 11.1 Å². The van der Waals surface area contributed by atoms with E-state index in [-0.39, 0.29) is 10.0 Å². The van der Waals surface area contributed by atoms with Crippen molar-refractivity contribution < 1.29 is 22.7 Å². The van der Waals surface area contributed by atoms with Crippen molar-refractivity contribution in [1.82, 2.24) is 0 Å². The summed E-state index contributed by atoms with van der Waals surface area (Å²) in [6, 6.07) is 1.91. The van der Waals surface area contributed by atoms with Gasteiger partial charge in [-0.15, -0.1) is 0 Å². The zero-order chi connectivity index (χ0) is 11.6. The first-order chi connectivity index (χ1) is 6.97. The zero-order valence-corrected chi connectivity index (χ0v) is 9.89.